The summed E-state index contributed by atoms with van der Waals surface area (Å²) in [5, 5.41) is 7.55. The van der Waals surface area contributed by atoms with Crippen LogP contribution in [-0.2, 0) is 5.41 Å². The molecular weight excluding hydrogens is 595 g/mol. The lowest BCUT2D eigenvalue weighted by Gasteiger charge is -2.30. The predicted octanol–water partition coefficient (Wildman–Crippen LogP) is 13.7. The van der Waals surface area contributed by atoms with Crippen molar-refractivity contribution < 1.29 is 4.42 Å². The Labute approximate surface area is 287 Å². The van der Waals surface area contributed by atoms with Crippen molar-refractivity contribution in [2.75, 3.05) is 4.90 Å². The third-order valence-corrected chi connectivity index (χ3v) is 11.6. The zero-order valence-corrected chi connectivity index (χ0v) is 28.2. The summed E-state index contributed by atoms with van der Waals surface area (Å²) in [7, 11) is 0. The third kappa shape index (κ3) is 4.20. The summed E-state index contributed by atoms with van der Waals surface area (Å²) in [6.07, 6.45) is 6.43. The summed E-state index contributed by atoms with van der Waals surface area (Å²) in [6.45, 7) is 4.81. The summed E-state index contributed by atoms with van der Waals surface area (Å²) >= 11 is 0. The Balaban J connectivity index is 1.26. The third-order valence-electron chi connectivity index (χ3n) is 11.6. The monoisotopic (exact) mass is 633 g/mol. The molecule has 0 amide bonds. The normalized spacial score (nSPS) is 15.6. The van der Waals surface area contributed by atoms with E-state index < -0.39 is 0 Å². The molecule has 2 aliphatic carbocycles. The van der Waals surface area contributed by atoms with Gasteiger partial charge in [-0.25, -0.2) is 0 Å². The lowest BCUT2D eigenvalue weighted by Crippen LogP contribution is -2.17. The van der Waals surface area contributed by atoms with Gasteiger partial charge in [0.05, 0.1) is 11.4 Å². The average Bonchev–Trinajstić information content (AvgIpc) is 3.65. The molecular formula is C47H39NO. The minimum absolute atomic E-state index is 0.188. The number of furan rings is 1. The van der Waals surface area contributed by atoms with Crippen molar-refractivity contribution in [3.05, 3.63) is 150 Å². The van der Waals surface area contributed by atoms with E-state index in [0.29, 0.717) is 5.92 Å². The highest BCUT2D eigenvalue weighted by Gasteiger charge is 2.39. The van der Waals surface area contributed by atoms with Crippen molar-refractivity contribution in [3.63, 3.8) is 0 Å². The minimum atomic E-state index is -0.188. The topological polar surface area (TPSA) is 16.4 Å². The van der Waals surface area contributed by atoms with Gasteiger partial charge < -0.3 is 9.32 Å². The Kier molecular flexibility index (Phi) is 6.34. The van der Waals surface area contributed by atoms with E-state index in [0.717, 1.165) is 22.5 Å². The molecule has 238 valence electrons. The number of hydrogen-bond acceptors (Lipinski definition) is 2. The second kappa shape index (κ2) is 10.8. The van der Waals surface area contributed by atoms with Gasteiger partial charge in [0.15, 0.2) is 5.58 Å². The molecule has 8 aromatic rings. The quantitative estimate of drug-likeness (QED) is 0.192. The zero-order chi connectivity index (χ0) is 32.7. The largest absolute Gasteiger partial charge is 0.454 e. The molecule has 0 aliphatic heterocycles. The van der Waals surface area contributed by atoms with Crippen molar-refractivity contribution >= 4 is 60.5 Å². The first-order chi connectivity index (χ1) is 24.1. The SMILES string of the molecule is CC1(C)c2cc(N(c3ccccc3)c3cccc4c3oc3c(C5CCCCC5)cccc34)c3ccccc3c2-c2ccc3ccccc3c21. The predicted molar refractivity (Wildman–Crippen MR) is 207 cm³/mol. The maximum absolute atomic E-state index is 7.09. The number of benzene rings is 7. The molecule has 2 heteroatoms. The van der Waals surface area contributed by atoms with E-state index in [4.69, 9.17) is 4.42 Å². The van der Waals surface area contributed by atoms with Gasteiger partial charge in [0, 0.05) is 27.3 Å². The fraction of sp³-hybridized carbons (Fsp3) is 0.191. The Morgan fingerprint density at radius 2 is 1.24 bits per heavy atom. The van der Waals surface area contributed by atoms with Crippen LogP contribution >= 0.6 is 0 Å². The number of nitrogens with zero attached hydrogens (tertiary/aromatic N) is 1. The molecule has 2 nitrogen and oxygen atoms in total. The van der Waals surface area contributed by atoms with Crippen LogP contribution in [0.4, 0.5) is 17.1 Å². The number of hydrogen-bond donors (Lipinski definition) is 0. The molecule has 1 aromatic heterocycles. The van der Waals surface area contributed by atoms with Gasteiger partial charge in [-0.15, -0.1) is 0 Å². The first-order valence-corrected chi connectivity index (χ1v) is 18.0. The summed E-state index contributed by atoms with van der Waals surface area (Å²) in [4.78, 5) is 2.45. The molecule has 10 rings (SSSR count). The van der Waals surface area contributed by atoms with Crippen molar-refractivity contribution in [2.45, 2.75) is 57.3 Å². The van der Waals surface area contributed by atoms with Crippen LogP contribution in [0.1, 0.15) is 68.6 Å². The van der Waals surface area contributed by atoms with E-state index in [-0.39, 0.29) is 5.41 Å². The van der Waals surface area contributed by atoms with Crippen molar-refractivity contribution in [3.8, 4) is 11.1 Å². The molecule has 1 heterocycles. The van der Waals surface area contributed by atoms with Gasteiger partial charge in [-0.1, -0.05) is 142 Å². The van der Waals surface area contributed by atoms with E-state index >= 15 is 0 Å². The van der Waals surface area contributed by atoms with Crippen LogP contribution in [0.15, 0.2) is 138 Å². The van der Waals surface area contributed by atoms with E-state index in [1.54, 1.807) is 0 Å². The van der Waals surface area contributed by atoms with Crippen LogP contribution < -0.4 is 4.90 Å². The highest BCUT2D eigenvalue weighted by Crippen LogP contribution is 2.56. The van der Waals surface area contributed by atoms with Crippen LogP contribution in [0.25, 0.3) is 54.6 Å². The van der Waals surface area contributed by atoms with Crippen LogP contribution in [0, 0.1) is 0 Å². The summed E-state index contributed by atoms with van der Waals surface area (Å²) < 4.78 is 7.09. The molecule has 1 fully saturated rings. The molecule has 1 saturated carbocycles. The van der Waals surface area contributed by atoms with Gasteiger partial charge in [0.1, 0.15) is 5.58 Å². The lowest BCUT2D eigenvalue weighted by atomic mass is 9.79. The highest BCUT2D eigenvalue weighted by molar-refractivity contribution is 6.15. The molecule has 0 saturated heterocycles. The standard InChI is InChI=1S/C47H39NO/c1-47(2)40-29-42(35-21-11-12-22-36(35)43(40)39-28-27-31-17-9-10-20-33(31)44(39)47)48(32-18-7-4-8-19-32)41-26-14-25-38-37-24-13-23-34(45(37)49-46(38)41)30-15-5-3-6-16-30/h4,7-14,17-30H,3,5-6,15-16H2,1-2H3. The summed E-state index contributed by atoms with van der Waals surface area (Å²) in [5.74, 6) is 0.562. The van der Waals surface area contributed by atoms with E-state index in [2.05, 4.69) is 152 Å². The first kappa shape index (κ1) is 28.7. The smallest absolute Gasteiger partial charge is 0.159 e. The highest BCUT2D eigenvalue weighted by atomic mass is 16.3. The molecule has 0 unspecified atom stereocenters. The number of rotatable bonds is 4. The maximum atomic E-state index is 7.09. The van der Waals surface area contributed by atoms with Gasteiger partial charge in [-0.2, -0.15) is 0 Å². The van der Waals surface area contributed by atoms with Gasteiger partial charge >= 0.3 is 0 Å². The molecule has 0 radical (unpaired) electrons. The van der Waals surface area contributed by atoms with Gasteiger partial charge in [0.25, 0.3) is 0 Å². The molecule has 0 N–H and O–H groups in total. The van der Waals surface area contributed by atoms with Crippen LogP contribution in [0.2, 0.25) is 0 Å². The second-order valence-electron chi connectivity index (χ2n) is 14.7. The van der Waals surface area contributed by atoms with Crippen molar-refractivity contribution in [1.29, 1.82) is 0 Å². The fourth-order valence-corrected chi connectivity index (χ4v) is 9.34. The van der Waals surface area contributed by atoms with Crippen molar-refractivity contribution in [2.24, 2.45) is 0 Å². The molecule has 2 aliphatic rings. The second-order valence-corrected chi connectivity index (χ2v) is 14.7. The zero-order valence-electron chi connectivity index (χ0n) is 28.2. The first-order valence-electron chi connectivity index (χ1n) is 18.0. The van der Waals surface area contributed by atoms with E-state index in [9.17, 15) is 0 Å². The van der Waals surface area contributed by atoms with E-state index in [1.165, 1.54) is 97.9 Å². The van der Waals surface area contributed by atoms with E-state index in [1.807, 2.05) is 0 Å². The minimum Gasteiger partial charge on any atom is -0.454 e. The van der Waals surface area contributed by atoms with Crippen LogP contribution in [0.3, 0.4) is 0 Å². The number of fused-ring (bicyclic) bond motifs is 10. The fourth-order valence-electron chi connectivity index (χ4n) is 9.34. The van der Waals surface area contributed by atoms with Crippen molar-refractivity contribution in [1.82, 2.24) is 0 Å². The molecule has 7 aromatic carbocycles. The molecule has 49 heavy (non-hydrogen) atoms. The number of anilines is 3. The van der Waals surface area contributed by atoms with Gasteiger partial charge in [0.2, 0.25) is 0 Å². The summed E-state index contributed by atoms with van der Waals surface area (Å²) in [6, 6.07) is 49.3. The Bertz CT molecular complexity index is 2570. The number of para-hydroxylation sites is 3. The Hall–Kier alpha value is -5.34. The van der Waals surface area contributed by atoms with Crippen LogP contribution in [-0.4, -0.2) is 0 Å². The Morgan fingerprint density at radius 3 is 2.06 bits per heavy atom. The average molecular weight is 634 g/mol. The van der Waals surface area contributed by atoms with Crippen LogP contribution in [0.5, 0.6) is 0 Å². The van der Waals surface area contributed by atoms with Gasteiger partial charge in [-0.05, 0) is 87.0 Å². The van der Waals surface area contributed by atoms with Gasteiger partial charge in [-0.3, -0.25) is 0 Å². The lowest BCUT2D eigenvalue weighted by molar-refractivity contribution is 0.442. The maximum Gasteiger partial charge on any atom is 0.159 e. The molecule has 0 bridgehead atoms. The Morgan fingerprint density at radius 1 is 0.571 bits per heavy atom. The molecule has 0 atom stereocenters. The molecule has 0 spiro atoms. The summed E-state index contributed by atoms with van der Waals surface area (Å²) in [5.41, 5.74) is 12.0.